The molecule has 2 rings (SSSR count). The van der Waals surface area contributed by atoms with E-state index in [1.165, 1.54) is 16.4 Å². The first kappa shape index (κ1) is 25.2. The molecule has 31 heavy (non-hydrogen) atoms. The molecule has 1 amide bonds. The summed E-state index contributed by atoms with van der Waals surface area (Å²) in [4.78, 5) is 12.6. The predicted molar refractivity (Wildman–Crippen MR) is 124 cm³/mol. The number of hydrogen-bond donors (Lipinski definition) is 1. The van der Waals surface area contributed by atoms with Gasteiger partial charge in [0.15, 0.2) is 9.84 Å². The Bertz CT molecular complexity index is 1150. The van der Waals surface area contributed by atoms with Crippen molar-refractivity contribution in [1.29, 1.82) is 0 Å². The smallest absolute Gasteiger partial charge is 0.232 e. The molecule has 0 unspecified atom stereocenters. The lowest BCUT2D eigenvalue weighted by molar-refractivity contribution is -0.121. The summed E-state index contributed by atoms with van der Waals surface area (Å²) in [5, 5.41) is 3.32. The van der Waals surface area contributed by atoms with Crippen LogP contribution >= 0.6 is 11.6 Å². The SMILES string of the molecule is Cc1c(Cl)cccc1N(CCCC(=O)N[C@@H](C)c1ccc(S(C)(=O)=O)cc1)S(C)(=O)=O. The summed E-state index contributed by atoms with van der Waals surface area (Å²) in [5.41, 5.74) is 1.92. The normalized spacial score (nSPS) is 12.9. The Morgan fingerprint density at radius 2 is 1.68 bits per heavy atom. The van der Waals surface area contributed by atoms with E-state index in [4.69, 9.17) is 11.6 Å². The van der Waals surface area contributed by atoms with Crippen LogP contribution in [-0.2, 0) is 24.7 Å². The van der Waals surface area contributed by atoms with Crippen LogP contribution in [-0.4, -0.2) is 41.8 Å². The van der Waals surface area contributed by atoms with Gasteiger partial charge in [0, 0.05) is 24.2 Å². The lowest BCUT2D eigenvalue weighted by atomic mass is 10.1. The Balaban J connectivity index is 1.98. The van der Waals surface area contributed by atoms with Gasteiger partial charge in [0.05, 0.1) is 22.9 Å². The number of anilines is 1. The van der Waals surface area contributed by atoms with Gasteiger partial charge in [-0.1, -0.05) is 29.8 Å². The van der Waals surface area contributed by atoms with Gasteiger partial charge in [-0.3, -0.25) is 9.10 Å². The van der Waals surface area contributed by atoms with Gasteiger partial charge < -0.3 is 5.32 Å². The second-order valence-electron chi connectivity index (χ2n) is 7.45. The molecule has 2 aromatic rings. The highest BCUT2D eigenvalue weighted by Crippen LogP contribution is 2.28. The Morgan fingerprint density at radius 3 is 2.23 bits per heavy atom. The molecule has 1 N–H and O–H groups in total. The zero-order valence-corrected chi connectivity index (χ0v) is 20.3. The summed E-state index contributed by atoms with van der Waals surface area (Å²) in [7, 11) is -6.82. The van der Waals surface area contributed by atoms with E-state index < -0.39 is 19.9 Å². The minimum absolute atomic E-state index is 0.136. The second-order valence-corrected chi connectivity index (χ2v) is 11.8. The molecule has 10 heteroatoms. The van der Waals surface area contributed by atoms with E-state index >= 15 is 0 Å². The van der Waals surface area contributed by atoms with Crippen molar-refractivity contribution < 1.29 is 21.6 Å². The van der Waals surface area contributed by atoms with Gasteiger partial charge in [0.2, 0.25) is 15.9 Å². The molecule has 0 aliphatic rings. The fourth-order valence-electron chi connectivity index (χ4n) is 3.12. The van der Waals surface area contributed by atoms with Crippen molar-refractivity contribution in [2.24, 2.45) is 0 Å². The van der Waals surface area contributed by atoms with Crippen molar-refractivity contribution in [3.63, 3.8) is 0 Å². The number of amides is 1. The van der Waals surface area contributed by atoms with E-state index in [1.807, 2.05) is 0 Å². The Labute approximate surface area is 189 Å². The molecule has 0 saturated carbocycles. The molecule has 1 atom stereocenters. The number of benzene rings is 2. The van der Waals surface area contributed by atoms with Crippen molar-refractivity contribution in [3.8, 4) is 0 Å². The van der Waals surface area contributed by atoms with Gasteiger partial charge in [-0.05, 0) is 55.7 Å². The number of halogens is 1. The summed E-state index contributed by atoms with van der Waals surface area (Å²) >= 11 is 6.12. The average Bonchev–Trinajstić information content (AvgIpc) is 2.66. The fraction of sp³-hybridized carbons (Fsp3) is 0.381. The van der Waals surface area contributed by atoms with Crippen LogP contribution in [0.5, 0.6) is 0 Å². The van der Waals surface area contributed by atoms with E-state index in [0.717, 1.165) is 18.1 Å². The molecule has 0 fully saturated rings. The summed E-state index contributed by atoms with van der Waals surface area (Å²) in [6, 6.07) is 11.1. The first-order valence-electron chi connectivity index (χ1n) is 9.63. The first-order valence-corrected chi connectivity index (χ1v) is 13.7. The maximum absolute atomic E-state index is 12.3. The Morgan fingerprint density at radius 1 is 1.06 bits per heavy atom. The molecule has 0 bridgehead atoms. The summed E-state index contributed by atoms with van der Waals surface area (Å²) in [6.45, 7) is 3.69. The summed E-state index contributed by atoms with van der Waals surface area (Å²) in [6.07, 6.45) is 2.72. The topological polar surface area (TPSA) is 101 Å². The van der Waals surface area contributed by atoms with E-state index in [2.05, 4.69) is 5.32 Å². The highest BCUT2D eigenvalue weighted by Gasteiger charge is 2.20. The molecular formula is C21H27ClN2O5S2. The van der Waals surface area contributed by atoms with Crippen LogP contribution in [0.2, 0.25) is 5.02 Å². The lowest BCUT2D eigenvalue weighted by Gasteiger charge is -2.24. The van der Waals surface area contributed by atoms with Crippen molar-refractivity contribution in [3.05, 3.63) is 58.6 Å². The van der Waals surface area contributed by atoms with Gasteiger partial charge in [-0.25, -0.2) is 16.8 Å². The summed E-state index contributed by atoms with van der Waals surface area (Å²) < 4.78 is 48.9. The molecule has 0 aliphatic carbocycles. The molecule has 2 aromatic carbocycles. The Kier molecular flexibility index (Phi) is 8.13. The molecule has 0 spiro atoms. The van der Waals surface area contributed by atoms with Crippen LogP contribution < -0.4 is 9.62 Å². The largest absolute Gasteiger partial charge is 0.350 e. The van der Waals surface area contributed by atoms with E-state index in [-0.39, 0.29) is 29.8 Å². The molecule has 170 valence electrons. The third-order valence-corrected chi connectivity index (χ3v) is 7.58. The number of sulfone groups is 1. The van der Waals surface area contributed by atoms with Gasteiger partial charge >= 0.3 is 0 Å². The number of hydrogen-bond acceptors (Lipinski definition) is 5. The molecule has 0 saturated heterocycles. The van der Waals surface area contributed by atoms with Gasteiger partial charge in [0.1, 0.15) is 0 Å². The maximum Gasteiger partial charge on any atom is 0.232 e. The molecule has 7 nitrogen and oxygen atoms in total. The molecule has 0 aromatic heterocycles. The van der Waals surface area contributed by atoms with Gasteiger partial charge in [-0.15, -0.1) is 0 Å². The van der Waals surface area contributed by atoms with Crippen LogP contribution in [0.25, 0.3) is 0 Å². The Hall–Kier alpha value is -2.10. The standard InChI is InChI=1S/C21H27ClN2O5S2/c1-15-19(22)7-5-8-20(15)24(31(4,28)29)14-6-9-21(25)23-16(2)17-10-12-18(13-11-17)30(3,26)27/h5,7-8,10-13,16H,6,9,14H2,1-4H3,(H,23,25)/t16-/m0/s1. The van der Waals surface area contributed by atoms with Crippen LogP contribution in [0.1, 0.15) is 36.9 Å². The number of carbonyl (C=O) groups is 1. The fourth-order valence-corrected chi connectivity index (χ4v) is 4.93. The zero-order valence-electron chi connectivity index (χ0n) is 17.9. The van der Waals surface area contributed by atoms with Gasteiger partial charge in [0.25, 0.3) is 0 Å². The van der Waals surface area contributed by atoms with Gasteiger partial charge in [-0.2, -0.15) is 0 Å². The second kappa shape index (κ2) is 10.0. The molecule has 0 heterocycles. The lowest BCUT2D eigenvalue weighted by Crippen LogP contribution is -2.33. The number of rotatable bonds is 9. The summed E-state index contributed by atoms with van der Waals surface area (Å²) in [5.74, 6) is -0.226. The zero-order chi connectivity index (χ0) is 23.4. The van der Waals surface area contributed by atoms with Crippen LogP contribution in [0.15, 0.2) is 47.4 Å². The number of nitrogens with zero attached hydrogens (tertiary/aromatic N) is 1. The van der Waals surface area contributed by atoms with Crippen molar-refractivity contribution in [2.45, 2.75) is 37.6 Å². The van der Waals surface area contributed by atoms with Crippen LogP contribution in [0.3, 0.4) is 0 Å². The quantitative estimate of drug-likeness (QED) is 0.584. The van der Waals surface area contributed by atoms with Crippen molar-refractivity contribution >= 4 is 43.1 Å². The highest BCUT2D eigenvalue weighted by molar-refractivity contribution is 7.92. The third kappa shape index (κ3) is 6.95. The van der Waals surface area contributed by atoms with E-state index in [9.17, 15) is 21.6 Å². The maximum atomic E-state index is 12.3. The minimum Gasteiger partial charge on any atom is -0.350 e. The molecule has 0 aliphatic heterocycles. The number of nitrogens with one attached hydrogen (secondary N) is 1. The third-order valence-electron chi connectivity index (χ3n) is 4.86. The van der Waals surface area contributed by atoms with Crippen molar-refractivity contribution in [1.82, 2.24) is 5.32 Å². The minimum atomic E-state index is -3.54. The van der Waals surface area contributed by atoms with Crippen LogP contribution in [0, 0.1) is 6.92 Å². The number of sulfonamides is 1. The molecule has 0 radical (unpaired) electrons. The highest BCUT2D eigenvalue weighted by atomic mass is 35.5. The predicted octanol–water partition coefficient (Wildman–Crippen LogP) is 3.48. The number of carbonyl (C=O) groups excluding carboxylic acids is 1. The average molecular weight is 487 g/mol. The van der Waals surface area contributed by atoms with E-state index in [0.29, 0.717) is 22.7 Å². The van der Waals surface area contributed by atoms with Crippen LogP contribution in [0.4, 0.5) is 5.69 Å². The van der Waals surface area contributed by atoms with Crippen molar-refractivity contribution in [2.75, 3.05) is 23.4 Å². The first-order chi connectivity index (χ1) is 14.3. The monoisotopic (exact) mass is 486 g/mol. The van der Waals surface area contributed by atoms with E-state index in [1.54, 1.807) is 44.2 Å². The molecular weight excluding hydrogens is 460 g/mol.